The number of ether oxygens (including phenoxy) is 1. The van der Waals surface area contributed by atoms with Crippen molar-refractivity contribution in [2.45, 2.75) is 6.42 Å². The number of rotatable bonds is 6. The molecule has 3 rings (SSSR count). The molecule has 116 valence electrons. The van der Waals surface area contributed by atoms with Gasteiger partial charge in [0.1, 0.15) is 12.1 Å². The number of hydrogen-bond acceptors (Lipinski definition) is 7. The topological polar surface area (TPSA) is 124 Å². The van der Waals surface area contributed by atoms with E-state index in [0.29, 0.717) is 17.0 Å². The number of ketones is 2. The predicted molar refractivity (Wildman–Crippen MR) is 79.1 cm³/mol. The van der Waals surface area contributed by atoms with Gasteiger partial charge in [-0.1, -0.05) is 0 Å². The fraction of sp³-hybridized carbons (Fsp3) is 0.0667. The molecule has 8 nitrogen and oxygen atoms in total. The standard InChI is InChI=1S/C15H12N4O4/c16-10-1-3-11(4-2-10)23-13-6-9(7-22-13)5-12(20)14(21)15-17-8-18-19-15/h1-4,6-8H,5,16H2,(H,17,18,19). The number of benzene rings is 1. The Hall–Kier alpha value is -3.42. The van der Waals surface area contributed by atoms with Crippen LogP contribution >= 0.6 is 0 Å². The van der Waals surface area contributed by atoms with Gasteiger partial charge in [0.2, 0.25) is 11.6 Å². The van der Waals surface area contributed by atoms with Crippen LogP contribution in [0.5, 0.6) is 11.7 Å². The summed E-state index contributed by atoms with van der Waals surface area (Å²) in [6.07, 6.45) is 2.47. The molecule has 23 heavy (non-hydrogen) atoms. The number of nitrogens with two attached hydrogens (primary N) is 1. The molecule has 0 aliphatic carbocycles. The Morgan fingerprint density at radius 3 is 2.74 bits per heavy atom. The minimum absolute atomic E-state index is 0.123. The number of carbonyl (C=O) groups is 2. The van der Waals surface area contributed by atoms with Crippen LogP contribution < -0.4 is 10.5 Å². The monoisotopic (exact) mass is 312 g/mol. The average molecular weight is 312 g/mol. The summed E-state index contributed by atoms with van der Waals surface area (Å²) in [6, 6.07) is 8.31. The van der Waals surface area contributed by atoms with Crippen molar-refractivity contribution in [3.8, 4) is 11.7 Å². The molecule has 0 aliphatic rings. The Balaban J connectivity index is 1.64. The minimum atomic E-state index is -0.756. The Bertz CT molecular complexity index is 822. The van der Waals surface area contributed by atoms with Gasteiger partial charge in [-0.05, 0) is 24.3 Å². The number of aromatic amines is 1. The molecule has 0 saturated carbocycles. The van der Waals surface area contributed by atoms with Gasteiger partial charge in [0.05, 0.1) is 6.26 Å². The number of furan rings is 1. The van der Waals surface area contributed by atoms with Gasteiger partial charge in [-0.25, -0.2) is 4.98 Å². The Morgan fingerprint density at radius 1 is 1.26 bits per heavy atom. The fourth-order valence-corrected chi connectivity index (χ4v) is 1.86. The molecule has 0 saturated heterocycles. The van der Waals surface area contributed by atoms with Crippen LogP contribution in [0, 0.1) is 0 Å². The lowest BCUT2D eigenvalue weighted by Crippen LogP contribution is -2.17. The second kappa shape index (κ2) is 6.14. The molecule has 0 fully saturated rings. The van der Waals surface area contributed by atoms with Crippen molar-refractivity contribution >= 4 is 17.3 Å². The highest BCUT2D eigenvalue weighted by atomic mass is 16.6. The maximum absolute atomic E-state index is 11.9. The zero-order valence-corrected chi connectivity index (χ0v) is 11.9. The number of nitrogen functional groups attached to an aromatic ring is 1. The maximum atomic E-state index is 11.9. The molecule has 2 aromatic heterocycles. The number of carbonyl (C=O) groups excluding carboxylic acids is 2. The van der Waals surface area contributed by atoms with Gasteiger partial charge < -0.3 is 14.9 Å². The Kier molecular flexibility index (Phi) is 3.88. The van der Waals surface area contributed by atoms with Crippen molar-refractivity contribution in [2.24, 2.45) is 0 Å². The number of Topliss-reactive ketones (excluding diaryl/α,β-unsaturated/α-hetero) is 2. The van der Waals surface area contributed by atoms with Gasteiger partial charge in [0.25, 0.3) is 11.7 Å². The Morgan fingerprint density at radius 2 is 2.04 bits per heavy atom. The van der Waals surface area contributed by atoms with Gasteiger partial charge >= 0.3 is 0 Å². The first kappa shape index (κ1) is 14.5. The summed E-state index contributed by atoms with van der Waals surface area (Å²) in [4.78, 5) is 27.3. The lowest BCUT2D eigenvalue weighted by atomic mass is 10.1. The molecule has 0 amide bonds. The van der Waals surface area contributed by atoms with Crippen molar-refractivity contribution in [3.05, 3.63) is 54.3 Å². The van der Waals surface area contributed by atoms with Gasteiger partial charge in [0.15, 0.2) is 0 Å². The van der Waals surface area contributed by atoms with Crippen molar-refractivity contribution in [3.63, 3.8) is 0 Å². The van der Waals surface area contributed by atoms with E-state index in [2.05, 4.69) is 15.2 Å². The van der Waals surface area contributed by atoms with Crippen LogP contribution in [-0.2, 0) is 11.2 Å². The van der Waals surface area contributed by atoms with Crippen molar-refractivity contribution < 1.29 is 18.7 Å². The lowest BCUT2D eigenvalue weighted by Gasteiger charge is -2.01. The molecule has 2 heterocycles. The fourth-order valence-electron chi connectivity index (χ4n) is 1.86. The van der Waals surface area contributed by atoms with Gasteiger partial charge in [0, 0.05) is 23.7 Å². The van der Waals surface area contributed by atoms with E-state index in [1.165, 1.54) is 12.6 Å². The molecule has 1 aromatic carbocycles. The zero-order valence-electron chi connectivity index (χ0n) is 11.9. The first-order valence-electron chi connectivity index (χ1n) is 6.66. The molecular formula is C15H12N4O4. The molecule has 0 radical (unpaired) electrons. The van der Waals surface area contributed by atoms with Crippen molar-refractivity contribution in [1.82, 2.24) is 15.2 Å². The van der Waals surface area contributed by atoms with E-state index >= 15 is 0 Å². The number of nitrogens with one attached hydrogen (secondary N) is 1. The average Bonchev–Trinajstić information content (AvgIpc) is 3.21. The third kappa shape index (κ3) is 3.43. The van der Waals surface area contributed by atoms with Crippen LogP contribution in [0.25, 0.3) is 0 Å². The SMILES string of the molecule is Nc1ccc(Oc2cc(CC(=O)C(=O)c3nc[nH]n3)co2)cc1. The van der Waals surface area contributed by atoms with Crippen LogP contribution in [-0.4, -0.2) is 26.7 Å². The third-order valence-electron chi connectivity index (χ3n) is 2.96. The van der Waals surface area contributed by atoms with E-state index in [9.17, 15) is 9.59 Å². The van der Waals surface area contributed by atoms with Crippen LogP contribution in [0.1, 0.15) is 16.2 Å². The lowest BCUT2D eigenvalue weighted by molar-refractivity contribution is -0.114. The van der Waals surface area contributed by atoms with Crippen LogP contribution in [0.3, 0.4) is 0 Å². The molecule has 0 atom stereocenters. The van der Waals surface area contributed by atoms with Gasteiger partial charge in [-0.3, -0.25) is 14.7 Å². The van der Waals surface area contributed by atoms with Gasteiger partial charge in [-0.2, -0.15) is 0 Å². The zero-order chi connectivity index (χ0) is 16.2. The summed E-state index contributed by atoms with van der Waals surface area (Å²) in [6.45, 7) is 0. The highest BCUT2D eigenvalue weighted by Crippen LogP contribution is 2.24. The van der Waals surface area contributed by atoms with Crippen molar-refractivity contribution in [1.29, 1.82) is 0 Å². The number of nitrogens with zero attached hydrogens (tertiary/aromatic N) is 2. The molecule has 8 heteroatoms. The summed E-state index contributed by atoms with van der Waals surface area (Å²) in [5.41, 5.74) is 6.72. The minimum Gasteiger partial charge on any atom is -0.434 e. The van der Waals surface area contributed by atoms with E-state index < -0.39 is 11.6 Å². The number of H-pyrrole nitrogens is 1. The molecular weight excluding hydrogens is 300 g/mol. The summed E-state index contributed by atoms with van der Waals surface area (Å²) in [5, 5.41) is 5.97. The second-order valence-corrected chi connectivity index (χ2v) is 4.70. The molecule has 0 aliphatic heterocycles. The summed E-state index contributed by atoms with van der Waals surface area (Å²) in [7, 11) is 0. The molecule has 3 N–H and O–H groups in total. The van der Waals surface area contributed by atoms with Crippen LogP contribution in [0.15, 0.2) is 47.3 Å². The van der Waals surface area contributed by atoms with Crippen molar-refractivity contribution in [2.75, 3.05) is 5.73 Å². The highest BCUT2D eigenvalue weighted by Gasteiger charge is 2.21. The molecule has 0 bridgehead atoms. The first-order chi connectivity index (χ1) is 11.1. The number of hydrogen-bond donors (Lipinski definition) is 2. The second-order valence-electron chi connectivity index (χ2n) is 4.70. The van der Waals surface area contributed by atoms with E-state index in [1.807, 2.05) is 0 Å². The quantitative estimate of drug-likeness (QED) is 0.403. The highest BCUT2D eigenvalue weighted by molar-refractivity contribution is 6.43. The number of aromatic nitrogens is 3. The largest absolute Gasteiger partial charge is 0.434 e. The third-order valence-corrected chi connectivity index (χ3v) is 2.96. The molecule has 0 unspecified atom stereocenters. The van der Waals surface area contributed by atoms with E-state index in [1.54, 1.807) is 30.3 Å². The van der Waals surface area contributed by atoms with E-state index in [-0.39, 0.29) is 18.2 Å². The normalized spacial score (nSPS) is 10.4. The summed E-state index contributed by atoms with van der Waals surface area (Å²) in [5.74, 6) is -0.791. The van der Waals surface area contributed by atoms with Crippen LogP contribution in [0.4, 0.5) is 5.69 Å². The van der Waals surface area contributed by atoms with E-state index in [0.717, 1.165) is 0 Å². The number of anilines is 1. The molecule has 3 aromatic rings. The molecule has 0 spiro atoms. The Labute approximate surface area is 130 Å². The summed E-state index contributed by atoms with van der Waals surface area (Å²) >= 11 is 0. The smallest absolute Gasteiger partial charge is 0.290 e. The van der Waals surface area contributed by atoms with Gasteiger partial charge in [-0.15, -0.1) is 5.10 Å². The van der Waals surface area contributed by atoms with Crippen LogP contribution in [0.2, 0.25) is 0 Å². The summed E-state index contributed by atoms with van der Waals surface area (Å²) < 4.78 is 10.7. The van der Waals surface area contributed by atoms with E-state index in [4.69, 9.17) is 14.9 Å². The maximum Gasteiger partial charge on any atom is 0.290 e. The first-order valence-corrected chi connectivity index (χ1v) is 6.66. The predicted octanol–water partition coefficient (Wildman–Crippen LogP) is 1.77.